The van der Waals surface area contributed by atoms with Crippen LogP contribution in [0.3, 0.4) is 0 Å². The lowest BCUT2D eigenvalue weighted by molar-refractivity contribution is -0.129. The van der Waals surface area contributed by atoms with E-state index in [9.17, 15) is 14.0 Å². The molecule has 0 aliphatic heterocycles. The Balaban J connectivity index is 1.89. The molecule has 1 aliphatic rings. The van der Waals surface area contributed by atoms with Crippen LogP contribution in [0.5, 0.6) is 5.75 Å². The second kappa shape index (κ2) is 7.24. The Hall–Kier alpha value is -2.11. The highest BCUT2D eigenvalue weighted by molar-refractivity contribution is 5.97. The Morgan fingerprint density at radius 1 is 1.27 bits per heavy atom. The maximum atomic E-state index is 13.6. The molecule has 1 fully saturated rings. The molecule has 120 valence electrons. The smallest absolute Gasteiger partial charge is 0.246 e. The molecule has 0 unspecified atom stereocenters. The molecule has 0 spiro atoms. The lowest BCUT2D eigenvalue weighted by Crippen LogP contribution is -2.44. The first kappa shape index (κ1) is 16.3. The van der Waals surface area contributed by atoms with E-state index in [1.165, 1.54) is 12.1 Å². The average Bonchev–Trinajstić information content (AvgIpc) is 2.50. The van der Waals surface area contributed by atoms with Gasteiger partial charge in [0.05, 0.1) is 5.69 Å². The molecular weight excluding hydrogens is 287 g/mol. The molecule has 0 bridgehead atoms. The van der Waals surface area contributed by atoms with Crippen LogP contribution in [0, 0.1) is 11.7 Å². The fourth-order valence-electron chi connectivity index (χ4n) is 2.61. The van der Waals surface area contributed by atoms with Crippen LogP contribution >= 0.6 is 0 Å². The molecular formula is C16H21FN2O3. The summed E-state index contributed by atoms with van der Waals surface area (Å²) in [5.41, 5.74) is -0.0263. The van der Waals surface area contributed by atoms with Crippen LogP contribution in [0.1, 0.15) is 39.0 Å². The van der Waals surface area contributed by atoms with Crippen molar-refractivity contribution < 1.29 is 19.1 Å². The van der Waals surface area contributed by atoms with Crippen LogP contribution in [0.4, 0.5) is 10.1 Å². The Morgan fingerprint density at radius 2 is 1.95 bits per heavy atom. The van der Waals surface area contributed by atoms with E-state index in [2.05, 4.69) is 10.6 Å². The molecule has 0 heterocycles. The zero-order chi connectivity index (χ0) is 16.1. The molecule has 1 saturated carbocycles. The molecule has 2 amide bonds. The fourth-order valence-corrected chi connectivity index (χ4v) is 2.61. The van der Waals surface area contributed by atoms with Gasteiger partial charge in [0.25, 0.3) is 0 Å². The zero-order valence-corrected chi connectivity index (χ0v) is 12.6. The number of rotatable bonds is 4. The van der Waals surface area contributed by atoms with Crippen LogP contribution in [0.25, 0.3) is 0 Å². The van der Waals surface area contributed by atoms with Gasteiger partial charge in [-0.1, -0.05) is 19.3 Å². The molecule has 6 heteroatoms. The Kier molecular flexibility index (Phi) is 5.35. The summed E-state index contributed by atoms with van der Waals surface area (Å²) in [7, 11) is 0. The average molecular weight is 308 g/mol. The van der Waals surface area contributed by atoms with Crippen molar-refractivity contribution in [2.75, 3.05) is 5.32 Å². The predicted molar refractivity (Wildman–Crippen MR) is 80.9 cm³/mol. The van der Waals surface area contributed by atoms with Crippen LogP contribution < -0.4 is 10.6 Å². The highest BCUT2D eigenvalue weighted by Crippen LogP contribution is 2.24. The first-order valence-corrected chi connectivity index (χ1v) is 7.57. The van der Waals surface area contributed by atoms with E-state index in [4.69, 9.17) is 5.11 Å². The van der Waals surface area contributed by atoms with Crippen LogP contribution in [-0.4, -0.2) is 23.0 Å². The summed E-state index contributed by atoms with van der Waals surface area (Å²) in [5.74, 6) is -1.58. The van der Waals surface area contributed by atoms with E-state index in [0.717, 1.165) is 38.2 Å². The number of amides is 2. The van der Waals surface area contributed by atoms with E-state index in [-0.39, 0.29) is 23.3 Å². The lowest BCUT2D eigenvalue weighted by Gasteiger charge is -2.23. The number of halogens is 1. The molecule has 0 saturated heterocycles. The van der Waals surface area contributed by atoms with Gasteiger partial charge in [-0.2, -0.15) is 0 Å². The Morgan fingerprint density at radius 3 is 2.59 bits per heavy atom. The number of nitrogens with one attached hydrogen (secondary N) is 2. The summed E-state index contributed by atoms with van der Waals surface area (Å²) in [6, 6.07) is 2.73. The molecule has 5 nitrogen and oxygen atoms in total. The number of aromatic hydroxyl groups is 1. The van der Waals surface area contributed by atoms with Crippen LogP contribution in [0.2, 0.25) is 0 Å². The van der Waals surface area contributed by atoms with Gasteiger partial charge in [-0.3, -0.25) is 9.59 Å². The van der Waals surface area contributed by atoms with Crippen LogP contribution in [-0.2, 0) is 9.59 Å². The van der Waals surface area contributed by atoms with Crippen molar-refractivity contribution in [2.24, 2.45) is 5.92 Å². The zero-order valence-electron chi connectivity index (χ0n) is 12.6. The summed E-state index contributed by atoms with van der Waals surface area (Å²) in [5, 5.41) is 14.2. The number of phenols is 1. The maximum Gasteiger partial charge on any atom is 0.246 e. The summed E-state index contributed by atoms with van der Waals surface area (Å²) in [6.45, 7) is 1.56. The second-order valence-electron chi connectivity index (χ2n) is 5.72. The normalized spacial score (nSPS) is 16.8. The summed E-state index contributed by atoms with van der Waals surface area (Å²) >= 11 is 0. The van der Waals surface area contributed by atoms with Crippen molar-refractivity contribution in [1.29, 1.82) is 0 Å². The molecule has 0 aromatic heterocycles. The molecule has 22 heavy (non-hydrogen) atoms. The van der Waals surface area contributed by atoms with Gasteiger partial charge in [-0.15, -0.1) is 0 Å². The first-order valence-electron chi connectivity index (χ1n) is 7.57. The summed E-state index contributed by atoms with van der Waals surface area (Å²) in [4.78, 5) is 24.1. The standard InChI is InChI=1S/C16H21FN2O3/c1-10(18-16(22)11-5-3-2-4-6-11)15(21)19-14-8-7-12(20)9-13(14)17/h7-11,20H,2-6H2,1H3,(H,18,22)(H,19,21)/t10-/m1/s1. The number of hydrogen-bond donors (Lipinski definition) is 3. The highest BCUT2D eigenvalue weighted by Gasteiger charge is 2.24. The predicted octanol–water partition coefficient (Wildman–Crippen LogP) is 2.55. The van der Waals surface area contributed by atoms with Gasteiger partial charge in [0.2, 0.25) is 11.8 Å². The number of phenolic OH excluding ortho intramolecular Hbond substituents is 1. The van der Waals surface area contributed by atoms with Crippen molar-refractivity contribution in [2.45, 2.75) is 45.1 Å². The summed E-state index contributed by atoms with van der Waals surface area (Å²) in [6.07, 6.45) is 4.94. The van der Waals surface area contributed by atoms with Crippen molar-refractivity contribution in [3.8, 4) is 5.75 Å². The van der Waals surface area contributed by atoms with E-state index in [0.29, 0.717) is 0 Å². The quantitative estimate of drug-likeness (QED) is 0.748. The molecule has 0 radical (unpaired) electrons. The third-order valence-electron chi connectivity index (χ3n) is 3.94. The second-order valence-corrected chi connectivity index (χ2v) is 5.72. The van der Waals surface area contributed by atoms with Gasteiger partial charge in [0.15, 0.2) is 0 Å². The first-order chi connectivity index (χ1) is 10.5. The molecule has 3 N–H and O–H groups in total. The van der Waals surface area contributed by atoms with Gasteiger partial charge in [-0.05, 0) is 31.9 Å². The van der Waals surface area contributed by atoms with Gasteiger partial charge >= 0.3 is 0 Å². The molecule has 2 rings (SSSR count). The largest absolute Gasteiger partial charge is 0.508 e. The van der Waals surface area contributed by atoms with Gasteiger partial charge < -0.3 is 15.7 Å². The molecule has 1 aromatic rings. The minimum atomic E-state index is -0.748. The van der Waals surface area contributed by atoms with Gasteiger partial charge in [-0.25, -0.2) is 4.39 Å². The minimum Gasteiger partial charge on any atom is -0.508 e. The van der Waals surface area contributed by atoms with Gasteiger partial charge in [0, 0.05) is 12.0 Å². The minimum absolute atomic E-state index is 0.0263. The molecule has 1 atom stereocenters. The topological polar surface area (TPSA) is 78.4 Å². The molecule has 1 aromatic carbocycles. The molecule has 1 aliphatic carbocycles. The van der Waals surface area contributed by atoms with Crippen molar-refractivity contribution >= 4 is 17.5 Å². The number of carbonyl (C=O) groups excluding carboxylic acids is 2. The van der Waals surface area contributed by atoms with Crippen molar-refractivity contribution in [3.05, 3.63) is 24.0 Å². The third-order valence-corrected chi connectivity index (χ3v) is 3.94. The van der Waals surface area contributed by atoms with E-state index >= 15 is 0 Å². The number of benzene rings is 1. The Bertz CT molecular complexity index is 556. The maximum absolute atomic E-state index is 13.6. The fraction of sp³-hybridized carbons (Fsp3) is 0.500. The number of hydrogen-bond acceptors (Lipinski definition) is 3. The van der Waals surface area contributed by atoms with E-state index < -0.39 is 17.8 Å². The third kappa shape index (κ3) is 4.19. The van der Waals surface area contributed by atoms with Gasteiger partial charge in [0.1, 0.15) is 17.6 Å². The highest BCUT2D eigenvalue weighted by atomic mass is 19.1. The van der Waals surface area contributed by atoms with Crippen molar-refractivity contribution in [3.63, 3.8) is 0 Å². The van der Waals surface area contributed by atoms with E-state index in [1.807, 2.05) is 0 Å². The Labute approximate surface area is 128 Å². The SMILES string of the molecule is C[C@@H](NC(=O)C1CCCCC1)C(=O)Nc1ccc(O)cc1F. The van der Waals surface area contributed by atoms with E-state index in [1.54, 1.807) is 6.92 Å². The lowest BCUT2D eigenvalue weighted by atomic mass is 9.88. The number of anilines is 1. The number of carbonyl (C=O) groups is 2. The monoisotopic (exact) mass is 308 g/mol. The summed E-state index contributed by atoms with van der Waals surface area (Å²) < 4.78 is 13.6. The van der Waals surface area contributed by atoms with Crippen LogP contribution in [0.15, 0.2) is 18.2 Å². The van der Waals surface area contributed by atoms with Crippen molar-refractivity contribution in [1.82, 2.24) is 5.32 Å².